The van der Waals surface area contributed by atoms with Crippen LogP contribution in [0.2, 0.25) is 0 Å². The molecule has 1 aromatic heterocycles. The summed E-state index contributed by atoms with van der Waals surface area (Å²) in [5.41, 5.74) is 1.72. The van der Waals surface area contributed by atoms with Gasteiger partial charge in [-0.1, -0.05) is 36.4 Å². The summed E-state index contributed by atoms with van der Waals surface area (Å²) in [4.78, 5) is 27.7. The molecule has 0 fully saturated rings. The quantitative estimate of drug-likeness (QED) is 0.526. The van der Waals surface area contributed by atoms with Crippen LogP contribution in [0.4, 0.5) is 0 Å². The zero-order chi connectivity index (χ0) is 22.9. The van der Waals surface area contributed by atoms with E-state index in [-0.39, 0.29) is 24.8 Å². The summed E-state index contributed by atoms with van der Waals surface area (Å²) >= 11 is 0. The molecule has 32 heavy (non-hydrogen) atoms. The van der Waals surface area contributed by atoms with E-state index in [4.69, 9.17) is 13.9 Å². The van der Waals surface area contributed by atoms with E-state index in [9.17, 15) is 9.59 Å². The number of nitrogens with zero attached hydrogens (tertiary/aromatic N) is 1. The smallest absolute Gasteiger partial charge is 0.242 e. The van der Waals surface area contributed by atoms with Gasteiger partial charge in [0.1, 0.15) is 11.8 Å². The Morgan fingerprint density at radius 1 is 0.969 bits per heavy atom. The van der Waals surface area contributed by atoms with Gasteiger partial charge in [-0.25, -0.2) is 0 Å². The van der Waals surface area contributed by atoms with Crippen LogP contribution in [-0.4, -0.2) is 37.0 Å². The van der Waals surface area contributed by atoms with E-state index < -0.39 is 6.04 Å². The fraction of sp³-hybridized carbons (Fsp3) is 0.280. The molecule has 1 heterocycles. The molecule has 2 amide bonds. The maximum absolute atomic E-state index is 13.3. The van der Waals surface area contributed by atoms with E-state index in [1.807, 2.05) is 36.4 Å². The number of hydrogen-bond donors (Lipinski definition) is 1. The number of ether oxygens (including phenoxy) is 2. The Morgan fingerprint density at radius 2 is 1.72 bits per heavy atom. The Balaban J connectivity index is 1.76. The second-order valence-electron chi connectivity index (χ2n) is 7.35. The van der Waals surface area contributed by atoms with Crippen LogP contribution in [0.3, 0.4) is 0 Å². The molecule has 1 atom stereocenters. The van der Waals surface area contributed by atoms with Crippen LogP contribution in [0.15, 0.2) is 71.3 Å². The Labute approximate surface area is 187 Å². The van der Waals surface area contributed by atoms with E-state index in [1.54, 1.807) is 56.6 Å². The van der Waals surface area contributed by atoms with Crippen LogP contribution in [-0.2, 0) is 29.1 Å². The van der Waals surface area contributed by atoms with Crippen molar-refractivity contribution >= 4 is 11.8 Å². The van der Waals surface area contributed by atoms with Crippen molar-refractivity contribution in [1.82, 2.24) is 10.2 Å². The molecule has 7 nitrogen and oxygen atoms in total. The molecular formula is C25H28N2O5. The number of hydrogen-bond acceptors (Lipinski definition) is 5. The third-order valence-corrected chi connectivity index (χ3v) is 5.18. The lowest BCUT2D eigenvalue weighted by atomic mass is 10.1. The minimum atomic E-state index is -0.669. The first-order valence-corrected chi connectivity index (χ1v) is 10.4. The van der Waals surface area contributed by atoms with Gasteiger partial charge in [0.05, 0.1) is 33.4 Å². The van der Waals surface area contributed by atoms with Gasteiger partial charge in [0.2, 0.25) is 11.8 Å². The van der Waals surface area contributed by atoms with Crippen LogP contribution < -0.4 is 14.8 Å². The number of nitrogens with one attached hydrogen (secondary N) is 1. The number of methoxy groups -OCH3 is 2. The average Bonchev–Trinajstić information content (AvgIpc) is 3.34. The van der Waals surface area contributed by atoms with Crippen molar-refractivity contribution in [2.24, 2.45) is 0 Å². The maximum Gasteiger partial charge on any atom is 0.242 e. The molecule has 0 aliphatic heterocycles. The largest absolute Gasteiger partial charge is 0.493 e. The van der Waals surface area contributed by atoms with Gasteiger partial charge in [0.15, 0.2) is 11.5 Å². The SMILES string of the molecule is COc1ccc(CC(=O)N(Cc2ccccc2)C(C)C(=O)NCc2ccco2)cc1OC. The molecule has 0 saturated heterocycles. The molecular weight excluding hydrogens is 408 g/mol. The Bertz CT molecular complexity index is 1020. The van der Waals surface area contributed by atoms with E-state index in [1.165, 1.54) is 0 Å². The molecule has 3 rings (SSSR count). The van der Waals surface area contributed by atoms with Crippen LogP contribution >= 0.6 is 0 Å². The second kappa shape index (κ2) is 11.0. The van der Waals surface area contributed by atoms with Gasteiger partial charge in [0.25, 0.3) is 0 Å². The summed E-state index contributed by atoms with van der Waals surface area (Å²) < 4.78 is 15.9. The molecule has 168 valence electrons. The van der Waals surface area contributed by atoms with Crippen molar-refractivity contribution in [3.05, 3.63) is 83.8 Å². The zero-order valence-corrected chi connectivity index (χ0v) is 18.5. The third-order valence-electron chi connectivity index (χ3n) is 5.18. The highest BCUT2D eigenvalue weighted by Crippen LogP contribution is 2.28. The van der Waals surface area contributed by atoms with Gasteiger partial charge >= 0.3 is 0 Å². The van der Waals surface area contributed by atoms with Gasteiger partial charge < -0.3 is 24.1 Å². The van der Waals surface area contributed by atoms with Crippen molar-refractivity contribution in [1.29, 1.82) is 0 Å². The number of benzene rings is 2. The van der Waals surface area contributed by atoms with Gasteiger partial charge in [-0.15, -0.1) is 0 Å². The van der Waals surface area contributed by atoms with Crippen LogP contribution in [0.25, 0.3) is 0 Å². The van der Waals surface area contributed by atoms with Gasteiger partial charge in [-0.3, -0.25) is 9.59 Å². The molecule has 1 N–H and O–H groups in total. The number of furan rings is 1. The molecule has 0 bridgehead atoms. The number of amides is 2. The highest BCUT2D eigenvalue weighted by atomic mass is 16.5. The predicted molar refractivity (Wildman–Crippen MR) is 120 cm³/mol. The van der Waals surface area contributed by atoms with Crippen molar-refractivity contribution in [2.75, 3.05) is 14.2 Å². The lowest BCUT2D eigenvalue weighted by molar-refractivity contribution is -0.140. The first-order chi connectivity index (χ1) is 15.5. The molecule has 0 aliphatic rings. The predicted octanol–water partition coefficient (Wildman–Crippen LogP) is 3.57. The summed E-state index contributed by atoms with van der Waals surface area (Å²) in [6.07, 6.45) is 1.68. The fourth-order valence-corrected chi connectivity index (χ4v) is 3.36. The van der Waals surface area contributed by atoms with Gasteiger partial charge in [0, 0.05) is 6.54 Å². The highest BCUT2D eigenvalue weighted by Gasteiger charge is 2.26. The highest BCUT2D eigenvalue weighted by molar-refractivity contribution is 5.88. The molecule has 2 aromatic carbocycles. The van der Waals surface area contributed by atoms with Crippen molar-refractivity contribution in [3.8, 4) is 11.5 Å². The van der Waals surface area contributed by atoms with Crippen molar-refractivity contribution in [2.45, 2.75) is 32.5 Å². The first kappa shape index (κ1) is 22.9. The second-order valence-corrected chi connectivity index (χ2v) is 7.35. The minimum absolute atomic E-state index is 0.128. The summed E-state index contributed by atoms with van der Waals surface area (Å²) in [5.74, 6) is 1.38. The summed E-state index contributed by atoms with van der Waals surface area (Å²) in [6, 6.07) is 17.9. The lowest BCUT2D eigenvalue weighted by Gasteiger charge is -2.29. The lowest BCUT2D eigenvalue weighted by Crippen LogP contribution is -2.47. The standard InChI is InChI=1S/C25H28N2O5/c1-18(25(29)26-16-21-10-7-13-32-21)27(17-19-8-5-4-6-9-19)24(28)15-20-11-12-22(30-2)23(14-20)31-3/h4-14,18H,15-17H2,1-3H3,(H,26,29). The van der Waals surface area contributed by atoms with Gasteiger partial charge in [-0.2, -0.15) is 0 Å². The number of carbonyl (C=O) groups is 2. The Morgan fingerprint density at radius 3 is 2.38 bits per heavy atom. The van der Waals surface area contributed by atoms with Gasteiger partial charge in [-0.05, 0) is 42.3 Å². The van der Waals surface area contributed by atoms with E-state index in [2.05, 4.69) is 5.32 Å². The monoisotopic (exact) mass is 436 g/mol. The molecule has 1 unspecified atom stereocenters. The molecule has 7 heteroatoms. The normalized spacial score (nSPS) is 11.5. The van der Waals surface area contributed by atoms with E-state index in [0.29, 0.717) is 23.8 Å². The van der Waals surface area contributed by atoms with Crippen LogP contribution in [0.1, 0.15) is 23.8 Å². The molecule has 0 aliphatic carbocycles. The van der Waals surface area contributed by atoms with E-state index >= 15 is 0 Å². The molecule has 3 aromatic rings. The van der Waals surface area contributed by atoms with Crippen molar-refractivity contribution < 1.29 is 23.5 Å². The van der Waals surface area contributed by atoms with Crippen LogP contribution in [0.5, 0.6) is 11.5 Å². The van der Waals surface area contributed by atoms with E-state index in [0.717, 1.165) is 11.1 Å². The number of rotatable bonds is 10. The zero-order valence-electron chi connectivity index (χ0n) is 18.5. The Kier molecular flexibility index (Phi) is 7.91. The molecule has 0 saturated carbocycles. The topological polar surface area (TPSA) is 81.0 Å². The average molecular weight is 437 g/mol. The number of carbonyl (C=O) groups excluding carboxylic acids is 2. The van der Waals surface area contributed by atoms with Crippen molar-refractivity contribution in [3.63, 3.8) is 0 Å². The van der Waals surface area contributed by atoms with Crippen LogP contribution in [0, 0.1) is 0 Å². The third kappa shape index (κ3) is 5.91. The summed E-state index contributed by atoms with van der Waals surface area (Å²) in [5, 5.41) is 2.84. The fourth-order valence-electron chi connectivity index (χ4n) is 3.36. The Hall–Kier alpha value is -3.74. The summed E-state index contributed by atoms with van der Waals surface area (Å²) in [7, 11) is 3.11. The first-order valence-electron chi connectivity index (χ1n) is 10.4. The maximum atomic E-state index is 13.3. The summed E-state index contributed by atoms with van der Waals surface area (Å²) in [6.45, 7) is 2.31. The minimum Gasteiger partial charge on any atom is -0.493 e. The molecule has 0 radical (unpaired) electrons. The molecule has 0 spiro atoms.